The summed E-state index contributed by atoms with van der Waals surface area (Å²) in [6, 6.07) is 11.3. The quantitative estimate of drug-likeness (QED) is 0.777. The maximum absolute atomic E-state index is 12.5. The summed E-state index contributed by atoms with van der Waals surface area (Å²) in [6.45, 7) is 0. The molecule has 0 bridgehead atoms. The summed E-state index contributed by atoms with van der Waals surface area (Å²) < 4.78 is 1.29. The van der Waals surface area contributed by atoms with E-state index in [1.807, 2.05) is 30.3 Å². The van der Waals surface area contributed by atoms with Gasteiger partial charge in [0.15, 0.2) is 5.65 Å². The minimum absolute atomic E-state index is 0.0428. The number of aromatic nitrogens is 3. The number of nitrogens with zero attached hydrogens (tertiary/aromatic N) is 3. The lowest BCUT2D eigenvalue weighted by molar-refractivity contribution is 0.0939. The van der Waals surface area contributed by atoms with E-state index in [2.05, 4.69) is 15.4 Å². The fourth-order valence-corrected chi connectivity index (χ4v) is 3.20. The van der Waals surface area contributed by atoms with Crippen molar-refractivity contribution >= 4 is 11.6 Å². The fourth-order valence-electron chi connectivity index (χ4n) is 3.20. The predicted molar refractivity (Wildman–Crippen MR) is 89.8 cm³/mol. The molecule has 6 heteroatoms. The molecule has 1 amide bonds. The number of aromatic hydroxyl groups is 1. The zero-order valence-corrected chi connectivity index (χ0v) is 13.1. The fraction of sp³-hybridized carbons (Fsp3) is 0.278. The number of carbonyl (C=O) groups excluding carboxylic acids is 1. The standard InChI is InChI=1S/C18H18N4O2/c23-16-10-15(12-6-2-1-3-7-12)21-17-14(11-19-22(16)17)18(24)20-13-8-4-5-9-13/h1-3,6-7,10-11,13,23H,4-5,8-9H2,(H,20,24). The Hall–Kier alpha value is -2.89. The van der Waals surface area contributed by atoms with Gasteiger partial charge in [-0.05, 0) is 12.8 Å². The molecule has 4 rings (SSSR count). The summed E-state index contributed by atoms with van der Waals surface area (Å²) in [6.07, 6.45) is 5.78. The minimum atomic E-state index is -0.186. The second-order valence-electron chi connectivity index (χ2n) is 6.11. The van der Waals surface area contributed by atoms with Crippen LogP contribution in [-0.4, -0.2) is 31.7 Å². The van der Waals surface area contributed by atoms with E-state index in [-0.39, 0.29) is 17.8 Å². The van der Waals surface area contributed by atoms with Crippen LogP contribution in [0, 0.1) is 0 Å². The first-order valence-corrected chi connectivity index (χ1v) is 8.16. The molecule has 0 aliphatic heterocycles. The molecule has 1 saturated carbocycles. The Kier molecular flexibility index (Phi) is 3.65. The Morgan fingerprint density at radius 3 is 2.71 bits per heavy atom. The van der Waals surface area contributed by atoms with Crippen LogP contribution < -0.4 is 5.32 Å². The Morgan fingerprint density at radius 2 is 1.96 bits per heavy atom. The highest BCUT2D eigenvalue weighted by atomic mass is 16.3. The van der Waals surface area contributed by atoms with E-state index in [0.717, 1.165) is 31.2 Å². The molecule has 2 aromatic heterocycles. The van der Waals surface area contributed by atoms with E-state index < -0.39 is 0 Å². The van der Waals surface area contributed by atoms with Gasteiger partial charge in [-0.3, -0.25) is 4.79 Å². The number of benzene rings is 1. The number of nitrogens with one attached hydrogen (secondary N) is 1. The van der Waals surface area contributed by atoms with Gasteiger partial charge in [0, 0.05) is 17.7 Å². The smallest absolute Gasteiger partial charge is 0.256 e. The Morgan fingerprint density at radius 1 is 1.21 bits per heavy atom. The number of amides is 1. The Bertz CT molecular complexity index is 883. The van der Waals surface area contributed by atoms with Crippen LogP contribution in [0.25, 0.3) is 16.9 Å². The number of hydrogen-bond donors (Lipinski definition) is 2. The molecular formula is C18H18N4O2. The molecule has 0 radical (unpaired) electrons. The number of hydrogen-bond acceptors (Lipinski definition) is 4. The van der Waals surface area contributed by atoms with Crippen LogP contribution in [0.3, 0.4) is 0 Å². The predicted octanol–water partition coefficient (Wildman–Crippen LogP) is 2.77. The van der Waals surface area contributed by atoms with E-state index in [1.54, 1.807) is 6.07 Å². The van der Waals surface area contributed by atoms with Gasteiger partial charge in [0.05, 0.1) is 11.9 Å². The summed E-state index contributed by atoms with van der Waals surface area (Å²) in [5.74, 6) is -0.229. The Labute approximate surface area is 139 Å². The van der Waals surface area contributed by atoms with Crippen LogP contribution in [0.2, 0.25) is 0 Å². The van der Waals surface area contributed by atoms with Crippen molar-refractivity contribution in [3.8, 4) is 17.1 Å². The van der Waals surface area contributed by atoms with Crippen molar-refractivity contribution in [1.29, 1.82) is 0 Å². The molecule has 0 unspecified atom stereocenters. The van der Waals surface area contributed by atoms with E-state index in [1.165, 1.54) is 10.7 Å². The van der Waals surface area contributed by atoms with Crippen LogP contribution in [0.4, 0.5) is 0 Å². The highest BCUT2D eigenvalue weighted by Crippen LogP contribution is 2.24. The van der Waals surface area contributed by atoms with Crippen molar-refractivity contribution in [3.05, 3.63) is 48.2 Å². The van der Waals surface area contributed by atoms with Gasteiger partial charge in [0.1, 0.15) is 5.56 Å². The molecule has 3 aromatic rings. The molecule has 24 heavy (non-hydrogen) atoms. The third-order valence-corrected chi connectivity index (χ3v) is 4.46. The maximum Gasteiger partial charge on any atom is 0.256 e. The van der Waals surface area contributed by atoms with Crippen LogP contribution in [0.15, 0.2) is 42.6 Å². The largest absolute Gasteiger partial charge is 0.493 e. The zero-order chi connectivity index (χ0) is 16.5. The molecule has 122 valence electrons. The van der Waals surface area contributed by atoms with Crippen molar-refractivity contribution < 1.29 is 9.90 Å². The molecule has 0 saturated heterocycles. The van der Waals surface area contributed by atoms with Gasteiger partial charge in [-0.25, -0.2) is 4.98 Å². The average Bonchev–Trinajstić information content (AvgIpc) is 3.25. The van der Waals surface area contributed by atoms with E-state index >= 15 is 0 Å². The monoisotopic (exact) mass is 322 g/mol. The molecule has 0 spiro atoms. The number of carbonyl (C=O) groups is 1. The van der Waals surface area contributed by atoms with Crippen LogP contribution in [-0.2, 0) is 0 Å². The molecule has 1 aliphatic rings. The first kappa shape index (κ1) is 14.7. The highest BCUT2D eigenvalue weighted by molar-refractivity contribution is 6.00. The maximum atomic E-state index is 12.5. The van der Waals surface area contributed by atoms with Crippen molar-refractivity contribution in [1.82, 2.24) is 19.9 Å². The molecule has 1 aromatic carbocycles. The normalized spacial score (nSPS) is 15.0. The van der Waals surface area contributed by atoms with Gasteiger partial charge in [-0.1, -0.05) is 43.2 Å². The summed E-state index contributed by atoms with van der Waals surface area (Å²) in [5, 5.41) is 17.4. The molecule has 1 fully saturated rings. The van der Waals surface area contributed by atoms with E-state index in [9.17, 15) is 9.90 Å². The van der Waals surface area contributed by atoms with Gasteiger partial charge >= 0.3 is 0 Å². The van der Waals surface area contributed by atoms with E-state index in [4.69, 9.17) is 0 Å². The van der Waals surface area contributed by atoms with Crippen LogP contribution in [0.1, 0.15) is 36.0 Å². The first-order valence-electron chi connectivity index (χ1n) is 8.16. The van der Waals surface area contributed by atoms with Crippen molar-refractivity contribution in [2.45, 2.75) is 31.7 Å². The highest BCUT2D eigenvalue weighted by Gasteiger charge is 2.22. The minimum Gasteiger partial charge on any atom is -0.493 e. The lowest BCUT2D eigenvalue weighted by Crippen LogP contribution is -2.32. The van der Waals surface area contributed by atoms with Gasteiger partial charge < -0.3 is 10.4 Å². The lowest BCUT2D eigenvalue weighted by Gasteiger charge is -2.11. The Balaban J connectivity index is 1.74. The summed E-state index contributed by atoms with van der Waals surface area (Å²) in [5.41, 5.74) is 2.23. The SMILES string of the molecule is O=C(NC1CCCC1)c1cnn2c(O)cc(-c3ccccc3)nc12. The van der Waals surface area contributed by atoms with Gasteiger partial charge in [0.25, 0.3) is 5.91 Å². The van der Waals surface area contributed by atoms with E-state index in [0.29, 0.717) is 16.9 Å². The van der Waals surface area contributed by atoms with Crippen molar-refractivity contribution in [2.75, 3.05) is 0 Å². The second kappa shape index (κ2) is 5.96. The molecule has 2 N–H and O–H groups in total. The van der Waals surface area contributed by atoms with Crippen molar-refractivity contribution in [2.24, 2.45) is 0 Å². The number of rotatable bonds is 3. The molecule has 2 heterocycles. The second-order valence-corrected chi connectivity index (χ2v) is 6.11. The molecule has 1 aliphatic carbocycles. The topological polar surface area (TPSA) is 79.5 Å². The van der Waals surface area contributed by atoms with Crippen LogP contribution in [0.5, 0.6) is 5.88 Å². The third-order valence-electron chi connectivity index (χ3n) is 4.46. The van der Waals surface area contributed by atoms with Gasteiger partial charge in [-0.15, -0.1) is 0 Å². The summed E-state index contributed by atoms with van der Waals surface area (Å²) in [4.78, 5) is 17.1. The van der Waals surface area contributed by atoms with Gasteiger partial charge in [-0.2, -0.15) is 9.61 Å². The summed E-state index contributed by atoms with van der Waals surface area (Å²) in [7, 11) is 0. The van der Waals surface area contributed by atoms with Crippen LogP contribution >= 0.6 is 0 Å². The van der Waals surface area contributed by atoms with Crippen molar-refractivity contribution in [3.63, 3.8) is 0 Å². The lowest BCUT2D eigenvalue weighted by atomic mass is 10.1. The number of fused-ring (bicyclic) bond motifs is 1. The average molecular weight is 322 g/mol. The first-order chi connectivity index (χ1) is 11.7. The molecule has 0 atom stereocenters. The molecular weight excluding hydrogens is 304 g/mol. The third kappa shape index (κ3) is 2.60. The zero-order valence-electron chi connectivity index (χ0n) is 13.1. The summed E-state index contributed by atoms with van der Waals surface area (Å²) >= 11 is 0. The molecule has 6 nitrogen and oxygen atoms in total. The van der Waals surface area contributed by atoms with Gasteiger partial charge in [0.2, 0.25) is 5.88 Å².